The molecular formula is C18H27N5OS. The topological polar surface area (TPSA) is 75.6 Å². The third-order valence-electron chi connectivity index (χ3n) is 5.34. The van der Waals surface area contributed by atoms with E-state index in [2.05, 4.69) is 17.2 Å². The Hall–Kier alpha value is -1.34. The Labute approximate surface area is 152 Å². The molecule has 2 aromatic heterocycles. The minimum atomic E-state index is 0.0417. The number of imidazole rings is 1. The van der Waals surface area contributed by atoms with Crippen molar-refractivity contribution in [3.8, 4) is 0 Å². The summed E-state index contributed by atoms with van der Waals surface area (Å²) in [4.78, 5) is 25.9. The molecule has 0 unspecified atom stereocenters. The predicted molar refractivity (Wildman–Crippen MR) is 101 cm³/mol. The molecule has 1 aliphatic carbocycles. The van der Waals surface area contributed by atoms with E-state index in [1.165, 1.54) is 25.7 Å². The molecule has 136 valence electrons. The van der Waals surface area contributed by atoms with Gasteiger partial charge in [-0.2, -0.15) is 0 Å². The van der Waals surface area contributed by atoms with Crippen molar-refractivity contribution in [1.29, 1.82) is 0 Å². The maximum absolute atomic E-state index is 13.0. The zero-order chi connectivity index (χ0) is 17.2. The zero-order valence-corrected chi connectivity index (χ0v) is 15.7. The molecule has 0 atom stereocenters. The summed E-state index contributed by atoms with van der Waals surface area (Å²) in [6.07, 6.45) is 8.09. The minimum Gasteiger partial charge on any atom is -0.336 e. The van der Waals surface area contributed by atoms with Crippen LogP contribution in [0.3, 0.4) is 0 Å². The summed E-state index contributed by atoms with van der Waals surface area (Å²) in [5, 5.41) is 4.83. The monoisotopic (exact) mass is 361 g/mol. The lowest BCUT2D eigenvalue weighted by molar-refractivity contribution is 0.448. The van der Waals surface area contributed by atoms with Crippen LogP contribution in [0, 0.1) is 0 Å². The second-order valence-corrected chi connectivity index (χ2v) is 8.49. The highest BCUT2D eigenvalue weighted by Gasteiger charge is 2.23. The van der Waals surface area contributed by atoms with Crippen molar-refractivity contribution in [2.75, 3.05) is 13.1 Å². The molecule has 0 aromatic carbocycles. The summed E-state index contributed by atoms with van der Waals surface area (Å²) in [5.41, 5.74) is 1.23. The second kappa shape index (κ2) is 7.50. The molecule has 1 saturated heterocycles. The van der Waals surface area contributed by atoms with Crippen LogP contribution in [0.15, 0.2) is 9.95 Å². The molecule has 3 heterocycles. The first-order valence-corrected chi connectivity index (χ1v) is 10.5. The first kappa shape index (κ1) is 17.1. The molecule has 25 heavy (non-hydrogen) atoms. The van der Waals surface area contributed by atoms with E-state index in [0.29, 0.717) is 22.3 Å². The Bertz CT molecular complexity index is 787. The van der Waals surface area contributed by atoms with Gasteiger partial charge in [0.15, 0.2) is 16.3 Å². The van der Waals surface area contributed by atoms with Gasteiger partial charge in [0.2, 0.25) is 0 Å². The molecule has 2 aromatic rings. The SMILES string of the molecule is CCCn1c(SC2CCCC2)nc2nc(C3CCNCC3)[nH]c2c1=O. The van der Waals surface area contributed by atoms with Gasteiger partial charge in [0.25, 0.3) is 5.56 Å². The minimum absolute atomic E-state index is 0.0417. The number of nitrogens with one attached hydrogen (secondary N) is 2. The molecule has 2 N–H and O–H groups in total. The van der Waals surface area contributed by atoms with Crippen LogP contribution >= 0.6 is 11.8 Å². The van der Waals surface area contributed by atoms with Crippen LogP contribution in [-0.4, -0.2) is 37.9 Å². The second-order valence-electron chi connectivity index (χ2n) is 7.22. The van der Waals surface area contributed by atoms with Gasteiger partial charge in [-0.1, -0.05) is 31.5 Å². The summed E-state index contributed by atoms with van der Waals surface area (Å²) in [6.45, 7) is 4.85. The van der Waals surface area contributed by atoms with Gasteiger partial charge < -0.3 is 10.3 Å². The quantitative estimate of drug-likeness (QED) is 0.801. The number of nitrogens with zero attached hydrogens (tertiary/aromatic N) is 3. The number of rotatable bonds is 5. The average molecular weight is 362 g/mol. The smallest absolute Gasteiger partial charge is 0.280 e. The van der Waals surface area contributed by atoms with Gasteiger partial charge in [-0.25, -0.2) is 9.97 Å². The van der Waals surface area contributed by atoms with E-state index in [9.17, 15) is 4.79 Å². The number of aromatic nitrogens is 4. The normalized spacial score (nSPS) is 19.9. The van der Waals surface area contributed by atoms with Crippen molar-refractivity contribution in [2.24, 2.45) is 0 Å². The lowest BCUT2D eigenvalue weighted by Crippen LogP contribution is -2.27. The fraction of sp³-hybridized carbons (Fsp3) is 0.722. The molecule has 2 fully saturated rings. The number of thioether (sulfide) groups is 1. The van der Waals surface area contributed by atoms with Gasteiger partial charge in [-0.3, -0.25) is 9.36 Å². The van der Waals surface area contributed by atoms with Gasteiger partial charge in [0.1, 0.15) is 5.82 Å². The number of hydrogen-bond donors (Lipinski definition) is 2. The van der Waals surface area contributed by atoms with Crippen LogP contribution in [0.25, 0.3) is 11.2 Å². The number of piperidine rings is 1. The lowest BCUT2D eigenvalue weighted by Gasteiger charge is -2.20. The summed E-state index contributed by atoms with van der Waals surface area (Å²) in [5.74, 6) is 1.34. The standard InChI is InChI=1S/C18H27N5OS/c1-2-11-23-17(24)14-16(22-18(23)25-13-5-3-4-6-13)21-15(20-14)12-7-9-19-10-8-12/h12-13,19H,2-11H2,1H3,(H,20,21). The first-order valence-electron chi connectivity index (χ1n) is 9.64. The Balaban J connectivity index is 1.72. The van der Waals surface area contributed by atoms with E-state index in [4.69, 9.17) is 9.97 Å². The summed E-state index contributed by atoms with van der Waals surface area (Å²) < 4.78 is 1.86. The molecule has 2 aliphatic rings. The Morgan fingerprint density at radius 2 is 1.92 bits per heavy atom. The van der Waals surface area contributed by atoms with Gasteiger partial charge in [-0.15, -0.1) is 0 Å². The van der Waals surface area contributed by atoms with Crippen LogP contribution in [0.1, 0.15) is 63.6 Å². The molecule has 0 spiro atoms. The van der Waals surface area contributed by atoms with E-state index in [1.54, 1.807) is 11.8 Å². The summed E-state index contributed by atoms with van der Waals surface area (Å²) in [6, 6.07) is 0. The molecule has 4 rings (SSSR count). The van der Waals surface area contributed by atoms with Crippen LogP contribution in [-0.2, 0) is 6.54 Å². The fourth-order valence-electron chi connectivity index (χ4n) is 3.94. The molecule has 0 bridgehead atoms. The van der Waals surface area contributed by atoms with Crippen LogP contribution in [0.5, 0.6) is 0 Å². The Morgan fingerprint density at radius 1 is 1.16 bits per heavy atom. The van der Waals surface area contributed by atoms with E-state index >= 15 is 0 Å². The highest BCUT2D eigenvalue weighted by molar-refractivity contribution is 7.99. The maximum atomic E-state index is 13.0. The Kier molecular flexibility index (Phi) is 5.12. The molecular weight excluding hydrogens is 334 g/mol. The third-order valence-corrected chi connectivity index (χ3v) is 6.67. The van der Waals surface area contributed by atoms with Crippen LogP contribution in [0.2, 0.25) is 0 Å². The summed E-state index contributed by atoms with van der Waals surface area (Å²) in [7, 11) is 0. The van der Waals surface area contributed by atoms with Gasteiger partial charge in [0.05, 0.1) is 0 Å². The van der Waals surface area contributed by atoms with Crippen LogP contribution < -0.4 is 10.9 Å². The number of hydrogen-bond acceptors (Lipinski definition) is 5. The van der Waals surface area contributed by atoms with Crippen molar-refractivity contribution in [2.45, 2.75) is 74.7 Å². The lowest BCUT2D eigenvalue weighted by atomic mass is 9.98. The zero-order valence-electron chi connectivity index (χ0n) is 14.9. The van der Waals surface area contributed by atoms with Crippen molar-refractivity contribution < 1.29 is 0 Å². The van der Waals surface area contributed by atoms with Crippen LogP contribution in [0.4, 0.5) is 0 Å². The molecule has 0 amide bonds. The van der Waals surface area contributed by atoms with E-state index in [-0.39, 0.29) is 5.56 Å². The molecule has 1 saturated carbocycles. The number of aromatic amines is 1. The van der Waals surface area contributed by atoms with E-state index in [1.807, 2.05) is 4.57 Å². The van der Waals surface area contributed by atoms with Crippen molar-refractivity contribution in [3.63, 3.8) is 0 Å². The highest BCUT2D eigenvalue weighted by Crippen LogP contribution is 2.34. The fourth-order valence-corrected chi connectivity index (χ4v) is 5.25. The van der Waals surface area contributed by atoms with E-state index < -0.39 is 0 Å². The molecule has 6 nitrogen and oxygen atoms in total. The number of fused-ring (bicyclic) bond motifs is 1. The molecule has 1 aliphatic heterocycles. The largest absolute Gasteiger partial charge is 0.336 e. The Morgan fingerprint density at radius 3 is 2.64 bits per heavy atom. The van der Waals surface area contributed by atoms with Crippen molar-refractivity contribution in [3.05, 3.63) is 16.2 Å². The van der Waals surface area contributed by atoms with Crippen molar-refractivity contribution in [1.82, 2.24) is 24.8 Å². The maximum Gasteiger partial charge on any atom is 0.280 e. The highest BCUT2D eigenvalue weighted by atomic mass is 32.2. The van der Waals surface area contributed by atoms with Gasteiger partial charge in [0, 0.05) is 17.7 Å². The van der Waals surface area contributed by atoms with Gasteiger partial charge >= 0.3 is 0 Å². The van der Waals surface area contributed by atoms with Gasteiger partial charge in [-0.05, 0) is 45.2 Å². The average Bonchev–Trinajstić information content (AvgIpc) is 3.29. The van der Waals surface area contributed by atoms with E-state index in [0.717, 1.165) is 49.9 Å². The predicted octanol–water partition coefficient (Wildman–Crippen LogP) is 3.03. The first-order chi connectivity index (χ1) is 12.3. The molecule has 0 radical (unpaired) electrons. The van der Waals surface area contributed by atoms with Crippen molar-refractivity contribution >= 4 is 22.9 Å². The third kappa shape index (κ3) is 3.49. The number of H-pyrrole nitrogens is 1. The molecule has 7 heteroatoms. The summed E-state index contributed by atoms with van der Waals surface area (Å²) >= 11 is 1.78.